The molecule has 0 saturated carbocycles. The molecule has 31 nitrogen and oxygen atoms in total. The highest BCUT2D eigenvalue weighted by Gasteiger charge is 2.48. The predicted molar refractivity (Wildman–Crippen MR) is 239 cm³/mol. The molecule has 2 aliphatic heterocycles. The van der Waals surface area contributed by atoms with Crippen molar-refractivity contribution in [3.8, 4) is 0 Å². The van der Waals surface area contributed by atoms with Crippen molar-refractivity contribution in [3.63, 3.8) is 0 Å². The van der Waals surface area contributed by atoms with Crippen molar-refractivity contribution in [2.75, 3.05) is 164 Å². The fraction of sp³-hybridized carbons (Fsp3) is 0.929. The molecule has 2 fully saturated rings. The molecule has 0 amide bonds. The Morgan fingerprint density at radius 1 is 0.411 bits per heavy atom. The molecule has 14 atom stereocenters. The number of carbonyl (C=O) groups is 3. The van der Waals surface area contributed by atoms with Gasteiger partial charge in [0.15, 0.2) is 32.2 Å². The minimum atomic E-state index is -1.96. The Labute approximate surface area is 420 Å². The van der Waals surface area contributed by atoms with E-state index in [1.807, 2.05) is 0 Å². The van der Waals surface area contributed by atoms with Gasteiger partial charge in [0.1, 0.15) is 132 Å². The van der Waals surface area contributed by atoms with Gasteiger partial charge in [0.05, 0.1) is 85.9 Å². The van der Waals surface area contributed by atoms with Crippen molar-refractivity contribution in [2.24, 2.45) is 0 Å². The summed E-state index contributed by atoms with van der Waals surface area (Å²) in [7, 11) is 0. The Balaban J connectivity index is 2.17. The van der Waals surface area contributed by atoms with Crippen LogP contribution in [0.2, 0.25) is 0 Å². The first-order valence-electron chi connectivity index (χ1n) is 23.8. The lowest BCUT2D eigenvalue weighted by Gasteiger charge is -2.43. The standard InChI is InChI=1S/C42H79N3O28/c46-7-1-43(2-8-47,16-32(56)57)13-26(52)19-67-25-31-36(63)39(70-22-28(54)15-45(5-11-50,6-12-51)18-34(60)61)40(42(66)73-31)71-23-29(55)20-68-24-30-35(62)38(37(64)41(65)72-30)69-21-27(53)14-44(3-9-48,4-10-49)17-33(58)59/h26-31,35-42,46-55,62-66H,1-25H2/p+3. The number of carboxylic acid groups (broad SMARTS) is 3. The summed E-state index contributed by atoms with van der Waals surface area (Å²) < 4.78 is 37.7. The summed E-state index contributed by atoms with van der Waals surface area (Å²) in [6.45, 7) is -10.5. The number of aliphatic hydroxyl groups excluding tert-OH is 15. The van der Waals surface area contributed by atoms with E-state index in [1.54, 1.807) is 0 Å². The number of carboxylic acids is 3. The lowest BCUT2D eigenvalue weighted by atomic mass is 9.98. The van der Waals surface area contributed by atoms with E-state index in [0.717, 1.165) is 0 Å². The SMILES string of the molecule is O=C(O)C[N+](CCO)(CCO)CC(O)COCC1OC(O)C(OCC(O)COCC2OC(O)C(O)C(OCC(O)C[N+](CCO)(CCO)CC(=O)O)C2O)C(OCC(O)C[N+](CCO)(CCO)CC(=O)O)C1O. The van der Waals surface area contributed by atoms with Gasteiger partial charge in [0, 0.05) is 0 Å². The summed E-state index contributed by atoms with van der Waals surface area (Å²) in [6.07, 6.45) is -22.8. The van der Waals surface area contributed by atoms with Crippen LogP contribution in [0, 0.1) is 0 Å². The highest BCUT2D eigenvalue weighted by molar-refractivity contribution is 5.68. The first-order valence-corrected chi connectivity index (χ1v) is 23.8. The number of aliphatic carboxylic acids is 3. The highest BCUT2D eigenvalue weighted by Crippen LogP contribution is 2.27. The fourth-order valence-corrected chi connectivity index (χ4v) is 9.20. The van der Waals surface area contributed by atoms with Crippen LogP contribution < -0.4 is 0 Å². The van der Waals surface area contributed by atoms with Crippen molar-refractivity contribution in [1.82, 2.24) is 0 Å². The molecule has 0 spiro atoms. The van der Waals surface area contributed by atoms with Crippen molar-refractivity contribution in [1.29, 1.82) is 0 Å². The second kappa shape index (κ2) is 33.5. The normalized spacial score (nSPS) is 26.8. The minimum absolute atomic E-state index is 0.122. The summed E-state index contributed by atoms with van der Waals surface area (Å²) >= 11 is 0. The first kappa shape index (κ1) is 66.5. The summed E-state index contributed by atoms with van der Waals surface area (Å²) in [4.78, 5) is 34.8. The largest absolute Gasteiger partial charge is 0.477 e. The maximum Gasteiger partial charge on any atom is 0.359 e. The minimum Gasteiger partial charge on any atom is -0.477 e. The maximum atomic E-state index is 11.7. The smallest absolute Gasteiger partial charge is 0.359 e. The van der Waals surface area contributed by atoms with Gasteiger partial charge in [-0.1, -0.05) is 0 Å². The Bertz CT molecular complexity index is 1540. The molecule has 2 saturated heterocycles. The van der Waals surface area contributed by atoms with E-state index in [4.69, 9.17) is 33.2 Å². The van der Waals surface area contributed by atoms with Crippen LogP contribution in [0.3, 0.4) is 0 Å². The summed E-state index contributed by atoms with van der Waals surface area (Å²) in [6, 6.07) is 0. The van der Waals surface area contributed by atoms with Gasteiger partial charge >= 0.3 is 17.9 Å². The third-order valence-corrected chi connectivity index (χ3v) is 12.6. The summed E-state index contributed by atoms with van der Waals surface area (Å²) in [5, 5.41) is 184. The third kappa shape index (κ3) is 22.5. The fourth-order valence-electron chi connectivity index (χ4n) is 9.20. The molecule has 73 heavy (non-hydrogen) atoms. The van der Waals surface area contributed by atoms with Gasteiger partial charge in [-0.05, 0) is 0 Å². The molecule has 0 aromatic carbocycles. The molecule has 14 unspecified atom stereocenters. The van der Waals surface area contributed by atoms with Gasteiger partial charge in [0.2, 0.25) is 0 Å². The molecule has 0 aromatic rings. The number of rotatable bonds is 41. The summed E-state index contributed by atoms with van der Waals surface area (Å²) in [5.41, 5.74) is 0. The molecule has 0 aromatic heterocycles. The second-order valence-corrected chi connectivity index (χ2v) is 18.6. The Morgan fingerprint density at radius 2 is 0.712 bits per heavy atom. The number of hydrogen-bond donors (Lipinski definition) is 18. The van der Waals surface area contributed by atoms with Crippen LogP contribution in [0.1, 0.15) is 0 Å². The molecular formula is C42H82N3O28+3. The third-order valence-electron chi connectivity index (χ3n) is 12.6. The van der Waals surface area contributed by atoms with Crippen molar-refractivity contribution in [2.45, 2.75) is 85.8 Å². The van der Waals surface area contributed by atoms with Gasteiger partial charge in [0.25, 0.3) is 0 Å². The van der Waals surface area contributed by atoms with Gasteiger partial charge in [-0.3, -0.25) is 0 Å². The quantitative estimate of drug-likeness (QED) is 0.0253. The zero-order valence-electron chi connectivity index (χ0n) is 40.7. The van der Waals surface area contributed by atoms with E-state index in [9.17, 15) is 106 Å². The molecule has 18 N–H and O–H groups in total. The van der Waals surface area contributed by atoms with E-state index in [-0.39, 0.29) is 58.9 Å². The van der Waals surface area contributed by atoms with Crippen LogP contribution in [0.4, 0.5) is 0 Å². The van der Waals surface area contributed by atoms with Crippen LogP contribution >= 0.6 is 0 Å². The molecule has 430 valence electrons. The molecule has 2 rings (SSSR count). The van der Waals surface area contributed by atoms with Crippen LogP contribution in [-0.4, -0.2) is 374 Å². The molecule has 0 bridgehead atoms. The zero-order valence-corrected chi connectivity index (χ0v) is 40.7. The number of ether oxygens (including phenoxy) is 7. The second-order valence-electron chi connectivity index (χ2n) is 18.6. The zero-order chi connectivity index (χ0) is 54.9. The van der Waals surface area contributed by atoms with Gasteiger partial charge in [-0.25, -0.2) is 14.4 Å². The first-order chi connectivity index (χ1) is 34.5. The average Bonchev–Trinajstić information content (AvgIpc) is 3.27. The van der Waals surface area contributed by atoms with Gasteiger partial charge < -0.3 is 139 Å². The lowest BCUT2D eigenvalue weighted by Crippen LogP contribution is -2.62. The molecule has 2 heterocycles. The Morgan fingerprint density at radius 3 is 1.08 bits per heavy atom. The van der Waals surface area contributed by atoms with E-state index in [1.165, 1.54) is 0 Å². The van der Waals surface area contributed by atoms with Crippen molar-refractivity contribution < 1.29 is 153 Å². The van der Waals surface area contributed by atoms with E-state index >= 15 is 0 Å². The average molecular weight is 1080 g/mol. The van der Waals surface area contributed by atoms with Crippen LogP contribution in [0.25, 0.3) is 0 Å². The van der Waals surface area contributed by atoms with Crippen LogP contribution in [-0.2, 0) is 47.5 Å². The molecule has 31 heteroatoms. The topological polar surface area (TPSA) is 480 Å². The van der Waals surface area contributed by atoms with Gasteiger partial charge in [-0.15, -0.1) is 0 Å². The van der Waals surface area contributed by atoms with Gasteiger partial charge in [-0.2, -0.15) is 0 Å². The molecule has 0 aliphatic carbocycles. The molecule has 2 aliphatic rings. The Kier molecular flexibility index (Phi) is 30.6. The highest BCUT2D eigenvalue weighted by atomic mass is 16.7. The predicted octanol–water partition coefficient (Wildman–Crippen LogP) is -11.2. The molecular weight excluding hydrogens is 994 g/mol. The summed E-state index contributed by atoms with van der Waals surface area (Å²) in [5.74, 6) is -3.82. The van der Waals surface area contributed by atoms with Crippen LogP contribution in [0.15, 0.2) is 0 Å². The number of aliphatic hydroxyl groups is 15. The number of quaternary nitrogens is 3. The maximum absolute atomic E-state index is 11.7. The van der Waals surface area contributed by atoms with E-state index < -0.39 is 223 Å². The van der Waals surface area contributed by atoms with Crippen molar-refractivity contribution in [3.05, 3.63) is 0 Å². The Hall–Kier alpha value is -2.59. The number of nitrogens with zero attached hydrogens (tertiary/aromatic N) is 3. The molecule has 0 radical (unpaired) electrons. The number of hydrogen-bond acceptors (Lipinski definition) is 25. The lowest BCUT2D eigenvalue weighted by molar-refractivity contribution is -0.924. The van der Waals surface area contributed by atoms with Crippen LogP contribution in [0.5, 0.6) is 0 Å². The monoisotopic (exact) mass is 1080 g/mol. The van der Waals surface area contributed by atoms with E-state index in [0.29, 0.717) is 0 Å². The van der Waals surface area contributed by atoms with E-state index in [2.05, 4.69) is 0 Å². The van der Waals surface area contributed by atoms with Crippen molar-refractivity contribution >= 4 is 17.9 Å².